The van der Waals surface area contributed by atoms with Gasteiger partial charge in [-0.25, -0.2) is 18.8 Å². The van der Waals surface area contributed by atoms with Crippen molar-refractivity contribution >= 4 is 23.6 Å². The van der Waals surface area contributed by atoms with Crippen LogP contribution in [0.25, 0.3) is 33.8 Å². The summed E-state index contributed by atoms with van der Waals surface area (Å²) in [7, 11) is 2.98. The van der Waals surface area contributed by atoms with Gasteiger partial charge in [-0.3, -0.25) is 14.4 Å². The maximum absolute atomic E-state index is 14.1. The van der Waals surface area contributed by atoms with Crippen molar-refractivity contribution in [2.75, 3.05) is 32.2 Å². The zero-order chi connectivity index (χ0) is 49.1. The van der Waals surface area contributed by atoms with E-state index in [2.05, 4.69) is 25.9 Å². The molecule has 1 fully saturated rings. The van der Waals surface area contributed by atoms with E-state index in [0.29, 0.717) is 53.1 Å². The van der Waals surface area contributed by atoms with Gasteiger partial charge in [-0.05, 0) is 111 Å². The predicted molar refractivity (Wildman–Crippen MR) is 252 cm³/mol. The Labute approximate surface area is 384 Å². The number of carboxylic acid groups (broad SMARTS) is 3. The van der Waals surface area contributed by atoms with Gasteiger partial charge in [0.25, 0.3) is 16.7 Å². The Morgan fingerprint density at radius 2 is 1.13 bits per heavy atom. The lowest BCUT2D eigenvalue weighted by Gasteiger charge is -2.31. The predicted octanol–water partition coefficient (Wildman–Crippen LogP) is 8.07. The molecule has 4 heterocycles. The van der Waals surface area contributed by atoms with E-state index in [1.165, 1.54) is 50.6 Å². The highest BCUT2D eigenvalue weighted by molar-refractivity contribution is 5.92. The van der Waals surface area contributed by atoms with Crippen molar-refractivity contribution in [3.63, 3.8) is 0 Å². The van der Waals surface area contributed by atoms with Crippen LogP contribution in [-0.4, -0.2) is 80.6 Å². The van der Waals surface area contributed by atoms with Crippen molar-refractivity contribution in [3.05, 3.63) is 149 Å². The summed E-state index contributed by atoms with van der Waals surface area (Å²) in [5.74, 6) is -3.96. The van der Waals surface area contributed by atoms with Gasteiger partial charge in [-0.15, -0.1) is 0 Å². The second-order valence-electron chi connectivity index (χ2n) is 15.4. The molecule has 0 unspecified atom stereocenters. The fraction of sp³-hybridized carbons (Fsp3) is 0.280. The number of carbonyl (C=O) groups is 3. The topological polar surface area (TPSA) is 252 Å². The summed E-state index contributed by atoms with van der Waals surface area (Å²) in [5.41, 5.74) is 3.71. The molecule has 0 spiro atoms. The zero-order valence-electron chi connectivity index (χ0n) is 38.0. The summed E-state index contributed by atoms with van der Waals surface area (Å²) in [6.07, 6.45) is 5.08. The van der Waals surface area contributed by atoms with Crippen LogP contribution in [0.2, 0.25) is 0 Å². The van der Waals surface area contributed by atoms with Crippen LogP contribution < -0.4 is 31.1 Å². The molecule has 7 rings (SSSR count). The molecule has 0 amide bonds. The van der Waals surface area contributed by atoms with Crippen molar-refractivity contribution in [2.45, 2.75) is 66.2 Å². The Kier molecular flexibility index (Phi) is 16.7. The van der Waals surface area contributed by atoms with Crippen LogP contribution >= 0.6 is 0 Å². The highest BCUT2D eigenvalue weighted by Gasteiger charge is 2.23. The van der Waals surface area contributed by atoms with Gasteiger partial charge in [0.05, 0.1) is 31.3 Å². The third-order valence-electron chi connectivity index (χ3n) is 11.3. The molecule has 352 valence electrons. The minimum Gasteiger partial charge on any atom is -0.506 e. The molecule has 0 saturated carbocycles. The fourth-order valence-corrected chi connectivity index (χ4v) is 7.87. The number of carboxylic acids is 3. The molecular formula is C50H53FN4O12. The molecule has 1 saturated heterocycles. The highest BCUT2D eigenvalue weighted by Crippen LogP contribution is 2.35. The van der Waals surface area contributed by atoms with E-state index < -0.39 is 51.7 Å². The number of halogens is 1. The number of methoxy groups -OCH3 is 2. The summed E-state index contributed by atoms with van der Waals surface area (Å²) < 4.78 is 24.2. The summed E-state index contributed by atoms with van der Waals surface area (Å²) >= 11 is 0. The molecule has 16 nitrogen and oxygen atoms in total. The van der Waals surface area contributed by atoms with Crippen LogP contribution in [0, 0.1) is 12.7 Å². The third kappa shape index (κ3) is 11.3. The molecule has 67 heavy (non-hydrogen) atoms. The molecule has 3 aromatic carbocycles. The van der Waals surface area contributed by atoms with E-state index in [0.717, 1.165) is 41.2 Å². The van der Waals surface area contributed by atoms with Crippen LogP contribution in [0.1, 0.15) is 93.4 Å². The second-order valence-corrected chi connectivity index (χ2v) is 15.4. The van der Waals surface area contributed by atoms with Gasteiger partial charge in [0, 0.05) is 47.1 Å². The summed E-state index contributed by atoms with van der Waals surface area (Å²) in [6, 6.07) is 20.4. The molecule has 6 aromatic rings. The van der Waals surface area contributed by atoms with Gasteiger partial charge >= 0.3 is 17.9 Å². The molecule has 1 aliphatic rings. The number of aromatic hydroxyl groups is 1. The molecule has 1 aliphatic heterocycles. The summed E-state index contributed by atoms with van der Waals surface area (Å²) in [5, 5.41) is 37.3. The number of aromatic amines is 3. The van der Waals surface area contributed by atoms with Crippen LogP contribution in [-0.2, 0) is 19.3 Å². The minimum atomic E-state index is -1.45. The van der Waals surface area contributed by atoms with Gasteiger partial charge < -0.3 is 49.8 Å². The average molecular weight is 921 g/mol. The maximum Gasteiger partial charge on any atom is 0.345 e. The standard InChI is InChI=1S/C19H22N2O3.C16H17NO5.C15H14FNO4/c1-2-13-12-15(19(23)24)18(22)20-17(13)14-8-4-5-9-16(14)21-10-6-3-7-11-21;1-4-10-13(11-6-5-9(22-3)7-8(11)2)17-15(19)12(14(10)18)16(20)21;1-3-8-6-11(15(19)20)14(18)17-13(8)10-5-4-9(21-2)7-12(10)16/h4-5,8-9,12H,2-3,6-7,10-11H2,1H3,(H,20,22)(H,23,24);5-7H,4H2,1-3H3,(H,20,21)(H2,17,18,19);4-7H,3H2,1-2H3,(H,17,18)(H,19,20). The Bertz CT molecular complexity index is 2990. The van der Waals surface area contributed by atoms with Crippen LogP contribution in [0.3, 0.4) is 0 Å². The number of hydrogen-bond donors (Lipinski definition) is 7. The number of aromatic carboxylic acids is 3. The molecule has 0 aliphatic carbocycles. The number of pyridine rings is 3. The monoisotopic (exact) mass is 920 g/mol. The van der Waals surface area contributed by atoms with Crippen molar-refractivity contribution in [1.29, 1.82) is 0 Å². The second kappa shape index (κ2) is 22.3. The summed E-state index contributed by atoms with van der Waals surface area (Å²) in [6.45, 7) is 9.40. The van der Waals surface area contributed by atoms with Crippen molar-refractivity contribution in [2.24, 2.45) is 0 Å². The first-order valence-corrected chi connectivity index (χ1v) is 21.5. The average Bonchev–Trinajstić information content (AvgIpc) is 3.31. The molecule has 0 radical (unpaired) electrons. The molecule has 17 heteroatoms. The van der Waals surface area contributed by atoms with E-state index >= 15 is 0 Å². The number of aromatic nitrogens is 3. The zero-order valence-corrected chi connectivity index (χ0v) is 38.0. The molecule has 0 bridgehead atoms. The van der Waals surface area contributed by atoms with Crippen LogP contribution in [0.15, 0.2) is 87.2 Å². The molecule has 0 atom stereocenters. The maximum atomic E-state index is 14.1. The van der Waals surface area contributed by atoms with Gasteiger partial charge in [-0.2, -0.15) is 0 Å². The lowest BCUT2D eigenvalue weighted by Crippen LogP contribution is -2.30. The number of aryl methyl sites for hydroxylation is 3. The Balaban J connectivity index is 0.000000189. The largest absolute Gasteiger partial charge is 0.506 e. The first kappa shape index (κ1) is 50.1. The Morgan fingerprint density at radius 1 is 0.627 bits per heavy atom. The lowest BCUT2D eigenvalue weighted by atomic mass is 9.97. The van der Waals surface area contributed by atoms with E-state index in [9.17, 15) is 43.4 Å². The number of benzene rings is 3. The number of nitrogens with one attached hydrogen (secondary N) is 3. The van der Waals surface area contributed by atoms with Crippen LogP contribution in [0.5, 0.6) is 17.2 Å². The first-order chi connectivity index (χ1) is 32.0. The third-order valence-corrected chi connectivity index (χ3v) is 11.3. The van der Waals surface area contributed by atoms with E-state index in [4.69, 9.17) is 19.7 Å². The number of rotatable bonds is 12. The van der Waals surface area contributed by atoms with Gasteiger partial charge in [0.1, 0.15) is 34.2 Å². The highest BCUT2D eigenvalue weighted by atomic mass is 19.1. The normalized spacial score (nSPS) is 12.0. The fourth-order valence-electron chi connectivity index (χ4n) is 7.87. The molecule has 7 N–H and O–H groups in total. The number of nitrogens with zero attached hydrogens (tertiary/aromatic N) is 1. The molecular weight excluding hydrogens is 868 g/mol. The van der Waals surface area contributed by atoms with Crippen molar-refractivity contribution in [3.8, 4) is 51.0 Å². The summed E-state index contributed by atoms with van der Waals surface area (Å²) in [4.78, 5) is 79.4. The Morgan fingerprint density at radius 3 is 1.61 bits per heavy atom. The number of para-hydroxylation sites is 1. The number of hydrogen-bond acceptors (Lipinski definition) is 10. The van der Waals surface area contributed by atoms with E-state index in [1.807, 2.05) is 32.0 Å². The van der Waals surface area contributed by atoms with E-state index in [-0.39, 0.29) is 22.4 Å². The SMILES string of the molecule is CCc1c(-c2ccc(OC)cc2C)[nH]c(=O)c(C(=O)O)c1O.CCc1cc(C(=O)O)c(=O)[nH]c1-c1ccc(OC)cc1F.CCc1cc(C(=O)O)c(=O)[nH]c1-c1ccccc1N1CCCCC1. The van der Waals surface area contributed by atoms with Gasteiger partial charge in [-0.1, -0.05) is 39.0 Å². The van der Waals surface area contributed by atoms with Gasteiger partial charge in [0.2, 0.25) is 0 Å². The lowest BCUT2D eigenvalue weighted by molar-refractivity contribution is 0.0681. The van der Waals surface area contributed by atoms with Crippen molar-refractivity contribution in [1.82, 2.24) is 15.0 Å². The number of piperidine rings is 1. The van der Waals surface area contributed by atoms with Gasteiger partial charge in [0.15, 0.2) is 5.56 Å². The number of anilines is 1. The number of H-pyrrole nitrogens is 3. The quantitative estimate of drug-likeness (QED) is 0.0614. The Hall–Kier alpha value is -7.95. The molecule has 3 aromatic heterocycles. The van der Waals surface area contributed by atoms with Crippen molar-refractivity contribution < 1.29 is 48.7 Å². The van der Waals surface area contributed by atoms with Crippen LogP contribution in [0.4, 0.5) is 10.1 Å². The minimum absolute atomic E-state index is 0.196. The first-order valence-electron chi connectivity index (χ1n) is 21.5. The smallest absolute Gasteiger partial charge is 0.345 e. The number of ether oxygens (including phenoxy) is 2. The van der Waals surface area contributed by atoms with E-state index in [1.54, 1.807) is 45.2 Å².